The number of nitrogens with one attached hydrogen (secondary N) is 2. The van der Waals surface area contributed by atoms with Gasteiger partial charge in [-0.15, -0.1) is 0 Å². The minimum atomic E-state index is -1.08. The molecule has 2 aliphatic rings. The average Bonchev–Trinajstić information content (AvgIpc) is 3.24. The molecule has 1 aliphatic carbocycles. The molecule has 0 aromatic carbocycles. The third kappa shape index (κ3) is 5.61. The van der Waals surface area contributed by atoms with Crippen LogP contribution in [0.25, 0.3) is 0 Å². The number of carbonyl (C=O) groups is 4. The second-order valence-corrected chi connectivity index (χ2v) is 7.27. The van der Waals surface area contributed by atoms with Crippen molar-refractivity contribution in [1.29, 1.82) is 0 Å². The standard InChI is InChI=1S/C16H26N4O5/c1-16(4-5-16)8-11(25-15(18)24)14(23)20-10(12(17)21)7-9-3-2-6-19-13(9)22/h9-11H,2-8H2,1H3,(H2,17,21)(H2,18,24)(H,19,22)(H,20,23)/t9-,10?,11?/m0/s1. The lowest BCUT2D eigenvalue weighted by Gasteiger charge is -2.27. The predicted octanol–water partition coefficient (Wildman–Crippen LogP) is -0.473. The largest absolute Gasteiger partial charge is 0.436 e. The number of amides is 4. The first kappa shape index (κ1) is 19.0. The van der Waals surface area contributed by atoms with E-state index in [1.165, 1.54) is 0 Å². The van der Waals surface area contributed by atoms with Gasteiger partial charge in [-0.05, 0) is 43.9 Å². The van der Waals surface area contributed by atoms with E-state index >= 15 is 0 Å². The lowest BCUT2D eigenvalue weighted by molar-refractivity contribution is -0.135. The average molecular weight is 354 g/mol. The highest BCUT2D eigenvalue weighted by Gasteiger charge is 2.43. The summed E-state index contributed by atoms with van der Waals surface area (Å²) in [6, 6.07) is -1.01. The maximum Gasteiger partial charge on any atom is 0.405 e. The number of rotatable bonds is 8. The van der Waals surface area contributed by atoms with Crippen molar-refractivity contribution in [3.05, 3.63) is 0 Å². The van der Waals surface area contributed by atoms with Gasteiger partial charge in [0.2, 0.25) is 11.8 Å². The number of carbonyl (C=O) groups excluding carboxylic acids is 4. The summed E-state index contributed by atoms with van der Waals surface area (Å²) in [7, 11) is 0. The third-order valence-electron chi connectivity index (χ3n) is 4.91. The van der Waals surface area contributed by atoms with Gasteiger partial charge in [-0.25, -0.2) is 4.79 Å². The molecule has 9 heteroatoms. The molecule has 140 valence electrons. The molecule has 1 saturated heterocycles. The van der Waals surface area contributed by atoms with Crippen LogP contribution in [0, 0.1) is 11.3 Å². The molecule has 0 aromatic heterocycles. The molecule has 25 heavy (non-hydrogen) atoms. The summed E-state index contributed by atoms with van der Waals surface area (Å²) in [5, 5.41) is 5.24. The second kappa shape index (κ2) is 7.71. The number of hydrogen-bond donors (Lipinski definition) is 4. The highest BCUT2D eigenvalue weighted by atomic mass is 16.6. The van der Waals surface area contributed by atoms with Gasteiger partial charge >= 0.3 is 6.09 Å². The van der Waals surface area contributed by atoms with E-state index < -0.39 is 30.1 Å². The van der Waals surface area contributed by atoms with Crippen molar-refractivity contribution in [3.8, 4) is 0 Å². The van der Waals surface area contributed by atoms with Crippen molar-refractivity contribution in [2.45, 2.75) is 57.6 Å². The molecule has 1 saturated carbocycles. The molecule has 2 rings (SSSR count). The Labute approximate surface area is 146 Å². The van der Waals surface area contributed by atoms with Crippen LogP contribution >= 0.6 is 0 Å². The summed E-state index contributed by atoms with van der Waals surface area (Å²) in [4.78, 5) is 47.1. The summed E-state index contributed by atoms with van der Waals surface area (Å²) in [6.45, 7) is 2.59. The van der Waals surface area contributed by atoms with Crippen LogP contribution in [-0.2, 0) is 19.1 Å². The molecule has 2 unspecified atom stereocenters. The molecule has 1 heterocycles. The smallest absolute Gasteiger partial charge is 0.405 e. The lowest BCUT2D eigenvalue weighted by atomic mass is 9.91. The molecule has 1 aliphatic heterocycles. The van der Waals surface area contributed by atoms with Crippen molar-refractivity contribution < 1.29 is 23.9 Å². The molecule has 0 bridgehead atoms. The van der Waals surface area contributed by atoms with Crippen LogP contribution < -0.4 is 22.1 Å². The van der Waals surface area contributed by atoms with E-state index in [0.717, 1.165) is 19.3 Å². The van der Waals surface area contributed by atoms with E-state index in [4.69, 9.17) is 16.2 Å². The Balaban J connectivity index is 1.99. The van der Waals surface area contributed by atoms with E-state index in [1.807, 2.05) is 6.92 Å². The number of nitrogens with two attached hydrogens (primary N) is 2. The first-order valence-corrected chi connectivity index (χ1v) is 8.54. The van der Waals surface area contributed by atoms with Crippen LogP contribution in [0.4, 0.5) is 4.79 Å². The van der Waals surface area contributed by atoms with Crippen molar-refractivity contribution in [2.24, 2.45) is 22.8 Å². The Kier molecular flexibility index (Phi) is 5.86. The molecule has 0 aromatic rings. The van der Waals surface area contributed by atoms with E-state index in [-0.39, 0.29) is 23.7 Å². The molecule has 2 fully saturated rings. The highest BCUT2D eigenvalue weighted by molar-refractivity contribution is 5.90. The third-order valence-corrected chi connectivity index (χ3v) is 4.91. The lowest BCUT2D eigenvalue weighted by Crippen LogP contribution is -2.51. The summed E-state index contributed by atoms with van der Waals surface area (Å²) in [5.74, 6) is -1.89. The Morgan fingerprint density at radius 1 is 1.36 bits per heavy atom. The monoisotopic (exact) mass is 354 g/mol. The van der Waals surface area contributed by atoms with Gasteiger partial charge in [-0.1, -0.05) is 6.92 Å². The first-order valence-electron chi connectivity index (χ1n) is 8.54. The normalized spacial score (nSPS) is 23.7. The Morgan fingerprint density at radius 2 is 2.04 bits per heavy atom. The molecule has 0 radical (unpaired) electrons. The van der Waals surface area contributed by atoms with Crippen LogP contribution in [0.1, 0.15) is 45.4 Å². The van der Waals surface area contributed by atoms with E-state index in [9.17, 15) is 19.2 Å². The fourth-order valence-electron chi connectivity index (χ4n) is 3.05. The van der Waals surface area contributed by atoms with E-state index in [0.29, 0.717) is 19.4 Å². The topological polar surface area (TPSA) is 154 Å². The predicted molar refractivity (Wildman–Crippen MR) is 87.9 cm³/mol. The fourth-order valence-corrected chi connectivity index (χ4v) is 3.05. The number of hydrogen-bond acceptors (Lipinski definition) is 5. The van der Waals surface area contributed by atoms with Gasteiger partial charge in [0.15, 0.2) is 6.10 Å². The zero-order valence-electron chi connectivity index (χ0n) is 14.4. The maximum atomic E-state index is 12.5. The molecule has 0 spiro atoms. The van der Waals surface area contributed by atoms with E-state index in [2.05, 4.69) is 10.6 Å². The minimum Gasteiger partial charge on any atom is -0.436 e. The fraction of sp³-hybridized carbons (Fsp3) is 0.750. The van der Waals surface area contributed by atoms with Crippen molar-refractivity contribution in [1.82, 2.24) is 10.6 Å². The Morgan fingerprint density at radius 3 is 2.56 bits per heavy atom. The van der Waals surface area contributed by atoms with Crippen LogP contribution in [0.15, 0.2) is 0 Å². The van der Waals surface area contributed by atoms with Gasteiger partial charge in [-0.2, -0.15) is 0 Å². The zero-order chi connectivity index (χ0) is 18.6. The van der Waals surface area contributed by atoms with Crippen LogP contribution in [0.2, 0.25) is 0 Å². The summed E-state index contributed by atoms with van der Waals surface area (Å²) in [6.07, 6.45) is 1.62. The first-order chi connectivity index (χ1) is 11.7. The Bertz CT molecular complexity index is 561. The number of piperidine rings is 1. The van der Waals surface area contributed by atoms with Crippen molar-refractivity contribution >= 4 is 23.8 Å². The summed E-state index contributed by atoms with van der Waals surface area (Å²) < 4.78 is 4.92. The molecular formula is C16H26N4O5. The number of primary amides is 2. The second-order valence-electron chi connectivity index (χ2n) is 7.27. The molecule has 9 nitrogen and oxygen atoms in total. The molecule has 3 atom stereocenters. The van der Waals surface area contributed by atoms with Gasteiger partial charge in [0.25, 0.3) is 5.91 Å². The van der Waals surface area contributed by atoms with Gasteiger partial charge in [0.1, 0.15) is 6.04 Å². The van der Waals surface area contributed by atoms with Crippen LogP contribution in [0.3, 0.4) is 0 Å². The number of ether oxygens (including phenoxy) is 1. The van der Waals surface area contributed by atoms with Crippen molar-refractivity contribution in [3.63, 3.8) is 0 Å². The van der Waals surface area contributed by atoms with Gasteiger partial charge in [-0.3, -0.25) is 14.4 Å². The summed E-state index contributed by atoms with van der Waals surface area (Å²) >= 11 is 0. The zero-order valence-corrected chi connectivity index (χ0v) is 14.4. The molecule has 6 N–H and O–H groups in total. The quantitative estimate of drug-likeness (QED) is 0.464. The Hall–Kier alpha value is -2.32. The van der Waals surface area contributed by atoms with Crippen LogP contribution in [-0.4, -0.2) is 42.5 Å². The van der Waals surface area contributed by atoms with Crippen LogP contribution in [0.5, 0.6) is 0 Å². The van der Waals surface area contributed by atoms with Gasteiger partial charge in [0, 0.05) is 12.5 Å². The minimum absolute atomic E-state index is 0.0665. The van der Waals surface area contributed by atoms with E-state index in [1.54, 1.807) is 0 Å². The van der Waals surface area contributed by atoms with Crippen molar-refractivity contribution in [2.75, 3.05) is 6.54 Å². The van der Waals surface area contributed by atoms with Gasteiger partial charge in [0.05, 0.1) is 0 Å². The SMILES string of the molecule is CC1(CC(OC(N)=O)C(=O)NC(C[C@@H]2CCCNC2=O)C(N)=O)CC1. The maximum absolute atomic E-state index is 12.5. The molecular weight excluding hydrogens is 328 g/mol. The van der Waals surface area contributed by atoms with Gasteiger partial charge < -0.3 is 26.8 Å². The molecule has 4 amide bonds. The summed E-state index contributed by atoms with van der Waals surface area (Å²) in [5.41, 5.74) is 10.3. The highest BCUT2D eigenvalue weighted by Crippen LogP contribution is 2.49.